The molecule has 0 spiro atoms. The highest BCUT2D eigenvalue weighted by Gasteiger charge is 2.30. The number of halogens is 2. The Morgan fingerprint density at radius 3 is 2.38 bits per heavy atom. The van der Waals surface area contributed by atoms with E-state index in [1.807, 2.05) is 39.8 Å². The summed E-state index contributed by atoms with van der Waals surface area (Å²) in [5.74, 6) is 0.787. The Morgan fingerprint density at radius 1 is 1.06 bits per heavy atom. The molecule has 174 valence electrons. The topological polar surface area (TPSA) is 49.4 Å². The summed E-state index contributed by atoms with van der Waals surface area (Å²) in [5.41, 5.74) is 2.82. The molecule has 2 aromatic carbocycles. The Hall–Kier alpha value is -1.69. The molecule has 0 aliphatic rings. The van der Waals surface area contributed by atoms with Gasteiger partial charge in [0.15, 0.2) is 0 Å². The fourth-order valence-corrected chi connectivity index (χ4v) is 4.53. The number of aryl methyl sites for hydroxylation is 1. The van der Waals surface area contributed by atoms with Crippen molar-refractivity contribution in [2.75, 3.05) is 5.75 Å². The van der Waals surface area contributed by atoms with Crippen LogP contribution in [0.5, 0.6) is 0 Å². The third-order valence-corrected chi connectivity index (χ3v) is 6.53. The average Bonchev–Trinajstić information content (AvgIpc) is 2.69. The maximum absolute atomic E-state index is 13.3. The maximum Gasteiger partial charge on any atom is 0.243 e. The predicted octanol–water partition coefficient (Wildman–Crippen LogP) is 6.26. The van der Waals surface area contributed by atoms with Gasteiger partial charge in [-0.1, -0.05) is 66.0 Å². The van der Waals surface area contributed by atoms with Crippen LogP contribution in [0.1, 0.15) is 50.8 Å². The summed E-state index contributed by atoms with van der Waals surface area (Å²) in [6.07, 6.45) is 0.511. The molecule has 0 saturated carbocycles. The molecule has 2 aromatic rings. The fraction of sp³-hybridized carbons (Fsp3) is 0.440. The zero-order valence-electron chi connectivity index (χ0n) is 19.4. The van der Waals surface area contributed by atoms with Crippen molar-refractivity contribution >= 4 is 46.8 Å². The molecular formula is C25H32Cl2N2O2S. The largest absolute Gasteiger partial charge is 0.350 e. The van der Waals surface area contributed by atoms with E-state index in [1.165, 1.54) is 11.1 Å². The minimum atomic E-state index is -0.573. The first-order valence-corrected chi connectivity index (χ1v) is 12.6. The van der Waals surface area contributed by atoms with Crippen molar-refractivity contribution in [3.8, 4) is 0 Å². The number of carbonyl (C=O) groups is 2. The number of hydrogen-bond acceptors (Lipinski definition) is 3. The van der Waals surface area contributed by atoms with Crippen LogP contribution in [0, 0.1) is 6.92 Å². The zero-order valence-corrected chi connectivity index (χ0v) is 21.7. The van der Waals surface area contributed by atoms with Gasteiger partial charge in [0.2, 0.25) is 11.8 Å². The van der Waals surface area contributed by atoms with Gasteiger partial charge in [-0.05, 0) is 57.4 Å². The van der Waals surface area contributed by atoms with E-state index in [9.17, 15) is 9.59 Å². The second kappa shape index (κ2) is 12.0. The van der Waals surface area contributed by atoms with E-state index in [0.717, 1.165) is 11.3 Å². The van der Waals surface area contributed by atoms with Gasteiger partial charge in [0.05, 0.1) is 15.8 Å². The van der Waals surface area contributed by atoms with E-state index < -0.39 is 6.04 Å². The molecule has 0 radical (unpaired) electrons. The van der Waals surface area contributed by atoms with Crippen LogP contribution in [0.4, 0.5) is 0 Å². The van der Waals surface area contributed by atoms with Crippen molar-refractivity contribution < 1.29 is 9.59 Å². The van der Waals surface area contributed by atoms with Crippen LogP contribution < -0.4 is 5.32 Å². The predicted molar refractivity (Wildman–Crippen MR) is 136 cm³/mol. The lowest BCUT2D eigenvalue weighted by Crippen LogP contribution is -2.53. The third kappa shape index (κ3) is 8.34. The Morgan fingerprint density at radius 2 is 1.78 bits per heavy atom. The summed E-state index contributed by atoms with van der Waals surface area (Å²) in [6.45, 7) is 10.1. The Balaban J connectivity index is 2.19. The number of thioether (sulfide) groups is 1. The van der Waals surface area contributed by atoms with Crippen molar-refractivity contribution in [3.05, 3.63) is 69.2 Å². The number of carbonyl (C=O) groups excluding carboxylic acids is 2. The van der Waals surface area contributed by atoms with Crippen molar-refractivity contribution in [2.24, 2.45) is 0 Å². The lowest BCUT2D eigenvalue weighted by molar-refractivity contribution is -0.140. The molecule has 0 saturated heterocycles. The summed E-state index contributed by atoms with van der Waals surface area (Å²) in [6, 6.07) is 13.0. The normalized spacial score (nSPS) is 12.3. The molecule has 7 heteroatoms. The quantitative estimate of drug-likeness (QED) is 0.447. The average molecular weight is 496 g/mol. The van der Waals surface area contributed by atoms with Gasteiger partial charge in [0, 0.05) is 17.8 Å². The van der Waals surface area contributed by atoms with Crippen LogP contribution in [-0.4, -0.2) is 34.0 Å². The molecule has 1 atom stereocenters. The van der Waals surface area contributed by atoms with Gasteiger partial charge in [-0.15, -0.1) is 11.8 Å². The first-order chi connectivity index (χ1) is 15.0. The van der Waals surface area contributed by atoms with Crippen LogP contribution in [0.15, 0.2) is 42.5 Å². The number of hydrogen-bond donors (Lipinski definition) is 1. The molecule has 1 N–H and O–H groups in total. The van der Waals surface area contributed by atoms with Gasteiger partial charge in [-0.2, -0.15) is 0 Å². The number of benzene rings is 2. The summed E-state index contributed by atoms with van der Waals surface area (Å²) in [7, 11) is 0. The van der Waals surface area contributed by atoms with Gasteiger partial charge in [-0.3, -0.25) is 9.59 Å². The second-order valence-electron chi connectivity index (χ2n) is 8.92. The first-order valence-electron chi connectivity index (χ1n) is 10.7. The monoisotopic (exact) mass is 494 g/mol. The Labute approximate surface area is 206 Å². The van der Waals surface area contributed by atoms with Crippen molar-refractivity contribution in [1.29, 1.82) is 0 Å². The van der Waals surface area contributed by atoms with Gasteiger partial charge >= 0.3 is 0 Å². The minimum Gasteiger partial charge on any atom is -0.350 e. The SMILES string of the molecule is CCC(C(=O)NC(C)(C)C)N(Cc1ccc(Cl)c(Cl)c1)C(=O)CSCc1cccc(C)c1. The number of nitrogens with zero attached hydrogens (tertiary/aromatic N) is 1. The molecule has 0 bridgehead atoms. The van der Waals surface area contributed by atoms with Gasteiger partial charge in [-0.25, -0.2) is 0 Å². The van der Waals surface area contributed by atoms with Crippen LogP contribution in [0.2, 0.25) is 10.0 Å². The molecule has 0 fully saturated rings. The van der Waals surface area contributed by atoms with E-state index in [-0.39, 0.29) is 29.7 Å². The van der Waals surface area contributed by atoms with E-state index >= 15 is 0 Å². The standard InChI is InChI=1S/C25H32Cl2N2O2S/c1-6-22(24(31)28-25(3,4)5)29(14-18-10-11-20(26)21(27)13-18)23(30)16-32-15-19-9-7-8-17(2)12-19/h7-13,22H,6,14-16H2,1-5H3,(H,28,31). The number of nitrogens with one attached hydrogen (secondary N) is 1. The number of amides is 2. The van der Waals surface area contributed by atoms with E-state index in [0.29, 0.717) is 16.5 Å². The van der Waals surface area contributed by atoms with Crippen molar-refractivity contribution in [3.63, 3.8) is 0 Å². The number of rotatable bonds is 9. The van der Waals surface area contributed by atoms with E-state index in [4.69, 9.17) is 23.2 Å². The van der Waals surface area contributed by atoms with Gasteiger partial charge in [0.25, 0.3) is 0 Å². The fourth-order valence-electron chi connectivity index (χ4n) is 3.35. The van der Waals surface area contributed by atoms with E-state index in [2.05, 4.69) is 30.4 Å². The molecule has 32 heavy (non-hydrogen) atoms. The molecular weight excluding hydrogens is 463 g/mol. The van der Waals surface area contributed by atoms with Gasteiger partial charge < -0.3 is 10.2 Å². The molecule has 0 aromatic heterocycles. The molecule has 2 rings (SSSR count). The third-order valence-electron chi connectivity index (χ3n) is 4.80. The maximum atomic E-state index is 13.3. The van der Waals surface area contributed by atoms with E-state index in [1.54, 1.807) is 28.8 Å². The molecule has 2 amide bonds. The van der Waals surface area contributed by atoms with Crippen molar-refractivity contribution in [1.82, 2.24) is 10.2 Å². The van der Waals surface area contributed by atoms with Crippen molar-refractivity contribution in [2.45, 2.75) is 64.9 Å². The summed E-state index contributed by atoms with van der Waals surface area (Å²) in [4.78, 5) is 28.0. The van der Waals surface area contributed by atoms with Crippen LogP contribution in [0.3, 0.4) is 0 Å². The zero-order chi connectivity index (χ0) is 23.9. The second-order valence-corrected chi connectivity index (χ2v) is 10.7. The molecule has 4 nitrogen and oxygen atoms in total. The van der Waals surface area contributed by atoms with Gasteiger partial charge in [0.1, 0.15) is 6.04 Å². The highest BCUT2D eigenvalue weighted by atomic mass is 35.5. The molecule has 0 aliphatic carbocycles. The highest BCUT2D eigenvalue weighted by molar-refractivity contribution is 7.99. The molecule has 0 heterocycles. The summed E-state index contributed by atoms with van der Waals surface area (Å²) in [5, 5.41) is 3.90. The lowest BCUT2D eigenvalue weighted by atomic mass is 10.1. The Kier molecular flexibility index (Phi) is 9.93. The Bertz CT molecular complexity index is 944. The van der Waals surface area contributed by atoms with Crippen LogP contribution in [-0.2, 0) is 21.9 Å². The van der Waals surface area contributed by atoms with Crippen LogP contribution in [0.25, 0.3) is 0 Å². The minimum absolute atomic E-state index is 0.0790. The molecule has 1 unspecified atom stereocenters. The first kappa shape index (κ1) is 26.6. The highest BCUT2D eigenvalue weighted by Crippen LogP contribution is 2.25. The van der Waals surface area contributed by atoms with Crippen LogP contribution >= 0.6 is 35.0 Å². The smallest absolute Gasteiger partial charge is 0.243 e. The summed E-state index contributed by atoms with van der Waals surface area (Å²) < 4.78 is 0. The molecule has 0 aliphatic heterocycles. The lowest BCUT2D eigenvalue weighted by Gasteiger charge is -2.33. The summed E-state index contributed by atoms with van der Waals surface area (Å²) >= 11 is 13.8.